The van der Waals surface area contributed by atoms with Crippen molar-refractivity contribution in [2.75, 3.05) is 39.4 Å². The molecule has 0 N–H and O–H groups in total. The van der Waals surface area contributed by atoms with Gasteiger partial charge in [0.15, 0.2) is 0 Å². The minimum Gasteiger partial charge on any atom is -0.490 e. The molecule has 0 saturated carbocycles. The number of carbonyl (C=O) groups excluding carboxylic acids is 2. The first kappa shape index (κ1) is 25.0. The lowest BCUT2D eigenvalue weighted by Crippen LogP contribution is -2.50. The predicted octanol–water partition coefficient (Wildman–Crippen LogP) is 4.00. The first-order valence-electron chi connectivity index (χ1n) is 11.4. The van der Waals surface area contributed by atoms with Crippen LogP contribution in [0.3, 0.4) is 0 Å². The first-order valence-corrected chi connectivity index (χ1v) is 11.4. The number of carbonyl (C=O) groups is 2. The summed E-state index contributed by atoms with van der Waals surface area (Å²) in [5.74, 6) is -0.978. The lowest BCUT2D eigenvalue weighted by atomic mass is 9.90. The normalized spacial score (nSPS) is 21.0. The number of alkyl halides is 3. The number of likely N-dealkylation sites (tertiary alicyclic amines) is 1. The third kappa shape index (κ3) is 6.30. The highest BCUT2D eigenvalue weighted by Gasteiger charge is 2.37. The van der Waals surface area contributed by atoms with E-state index in [1.807, 2.05) is 0 Å². The molecular formula is C25H26F4N2O4. The first-order chi connectivity index (χ1) is 16.7. The molecule has 2 aliphatic heterocycles. The fraction of sp³-hybridized carbons (Fsp3) is 0.440. The number of rotatable bonds is 5. The van der Waals surface area contributed by atoms with E-state index < -0.39 is 29.6 Å². The van der Waals surface area contributed by atoms with Crippen molar-refractivity contribution in [3.63, 3.8) is 0 Å². The van der Waals surface area contributed by atoms with Crippen LogP contribution in [0.25, 0.3) is 0 Å². The Morgan fingerprint density at radius 1 is 1.00 bits per heavy atom. The molecule has 188 valence electrons. The molecule has 2 aromatic carbocycles. The van der Waals surface area contributed by atoms with E-state index in [2.05, 4.69) is 0 Å². The highest BCUT2D eigenvalue weighted by Crippen LogP contribution is 2.31. The zero-order valence-corrected chi connectivity index (χ0v) is 19.0. The molecule has 4 rings (SSSR count). The number of morpholine rings is 1. The maximum Gasteiger partial charge on any atom is 0.416 e. The van der Waals surface area contributed by atoms with Crippen LogP contribution in [0, 0.1) is 11.7 Å². The number of hydrogen-bond donors (Lipinski definition) is 0. The van der Waals surface area contributed by atoms with Crippen LogP contribution < -0.4 is 4.74 Å². The second-order valence-electron chi connectivity index (χ2n) is 8.69. The van der Waals surface area contributed by atoms with Crippen LogP contribution in [0.15, 0.2) is 48.5 Å². The predicted molar refractivity (Wildman–Crippen MR) is 118 cm³/mol. The zero-order chi connectivity index (χ0) is 25.0. The summed E-state index contributed by atoms with van der Waals surface area (Å²) >= 11 is 0. The van der Waals surface area contributed by atoms with Crippen LogP contribution in [0.4, 0.5) is 17.6 Å². The molecule has 0 unspecified atom stereocenters. The molecule has 10 heteroatoms. The summed E-state index contributed by atoms with van der Waals surface area (Å²) in [6.07, 6.45) is -4.49. The Morgan fingerprint density at radius 2 is 1.71 bits per heavy atom. The topological polar surface area (TPSA) is 59.1 Å². The Balaban J connectivity index is 1.51. The average Bonchev–Trinajstić information content (AvgIpc) is 2.86. The van der Waals surface area contributed by atoms with Gasteiger partial charge in [-0.25, -0.2) is 4.39 Å². The minimum absolute atomic E-state index is 0.0593. The molecule has 2 aliphatic rings. The van der Waals surface area contributed by atoms with Crippen molar-refractivity contribution in [3.8, 4) is 5.75 Å². The van der Waals surface area contributed by atoms with E-state index in [0.717, 1.165) is 12.1 Å². The zero-order valence-electron chi connectivity index (χ0n) is 19.0. The largest absolute Gasteiger partial charge is 0.490 e. The van der Waals surface area contributed by atoms with E-state index in [4.69, 9.17) is 9.47 Å². The van der Waals surface area contributed by atoms with Gasteiger partial charge in [-0.05, 0) is 42.5 Å². The number of ether oxygens (including phenoxy) is 2. The number of piperidine rings is 1. The van der Waals surface area contributed by atoms with Gasteiger partial charge in [-0.2, -0.15) is 13.2 Å². The molecule has 0 aliphatic carbocycles. The second kappa shape index (κ2) is 10.6. The van der Waals surface area contributed by atoms with Crippen molar-refractivity contribution in [3.05, 3.63) is 65.5 Å². The lowest BCUT2D eigenvalue weighted by molar-refractivity contribution is -0.138. The Labute approximate surface area is 200 Å². The van der Waals surface area contributed by atoms with Gasteiger partial charge in [-0.15, -0.1) is 0 Å². The molecule has 2 amide bonds. The average molecular weight is 494 g/mol. The van der Waals surface area contributed by atoms with Gasteiger partial charge >= 0.3 is 6.18 Å². The number of hydrogen-bond acceptors (Lipinski definition) is 4. The minimum atomic E-state index is -4.56. The Hall–Kier alpha value is -3.14. The fourth-order valence-corrected chi connectivity index (χ4v) is 4.41. The van der Waals surface area contributed by atoms with E-state index in [9.17, 15) is 27.2 Å². The molecule has 6 nitrogen and oxygen atoms in total. The highest BCUT2D eigenvalue weighted by atomic mass is 19.4. The van der Waals surface area contributed by atoms with E-state index in [0.29, 0.717) is 38.5 Å². The van der Waals surface area contributed by atoms with Gasteiger partial charge in [0, 0.05) is 50.5 Å². The molecule has 0 bridgehead atoms. The van der Waals surface area contributed by atoms with Crippen molar-refractivity contribution in [2.45, 2.75) is 25.1 Å². The highest BCUT2D eigenvalue weighted by molar-refractivity contribution is 5.94. The van der Waals surface area contributed by atoms with Crippen molar-refractivity contribution in [1.29, 1.82) is 0 Å². The number of benzene rings is 2. The molecule has 0 spiro atoms. The summed E-state index contributed by atoms with van der Waals surface area (Å²) < 4.78 is 64.0. The summed E-state index contributed by atoms with van der Waals surface area (Å²) in [7, 11) is 0. The van der Waals surface area contributed by atoms with Crippen LogP contribution in [-0.2, 0) is 15.7 Å². The van der Waals surface area contributed by atoms with E-state index in [-0.39, 0.29) is 36.9 Å². The molecule has 35 heavy (non-hydrogen) atoms. The third-order valence-electron chi connectivity index (χ3n) is 6.29. The van der Waals surface area contributed by atoms with Crippen LogP contribution in [0.2, 0.25) is 0 Å². The van der Waals surface area contributed by atoms with E-state index in [1.165, 1.54) is 41.3 Å². The van der Waals surface area contributed by atoms with Gasteiger partial charge in [-0.3, -0.25) is 9.59 Å². The van der Waals surface area contributed by atoms with Crippen LogP contribution in [-0.4, -0.2) is 67.1 Å². The standard InChI is InChI=1S/C25H26F4N2O4/c26-20-4-6-21(7-5-20)35-22-8-9-31(16-18(22)15-23(32)30-10-12-34-13-11-30)24(33)17-2-1-3-19(14-17)25(27,28)29/h1-7,14,18,22H,8-13,15-16H2/t18-,22-/m0/s1. The maximum atomic E-state index is 13.3. The summed E-state index contributed by atoms with van der Waals surface area (Å²) in [4.78, 5) is 29.2. The van der Waals surface area contributed by atoms with Gasteiger partial charge < -0.3 is 19.3 Å². The van der Waals surface area contributed by atoms with Gasteiger partial charge in [0.1, 0.15) is 17.7 Å². The van der Waals surface area contributed by atoms with E-state index in [1.54, 1.807) is 4.90 Å². The fourth-order valence-electron chi connectivity index (χ4n) is 4.41. The monoisotopic (exact) mass is 494 g/mol. The van der Waals surface area contributed by atoms with Gasteiger partial charge in [0.25, 0.3) is 5.91 Å². The molecule has 2 atom stereocenters. The number of nitrogens with zero attached hydrogens (tertiary/aromatic N) is 2. The molecule has 2 saturated heterocycles. The number of amides is 2. The smallest absolute Gasteiger partial charge is 0.416 e. The molecule has 2 heterocycles. The maximum absolute atomic E-state index is 13.3. The van der Waals surface area contributed by atoms with Crippen LogP contribution in [0.5, 0.6) is 5.75 Å². The van der Waals surface area contributed by atoms with Gasteiger partial charge in [-0.1, -0.05) is 6.07 Å². The van der Waals surface area contributed by atoms with Gasteiger partial charge in [0.2, 0.25) is 5.91 Å². The Kier molecular flexibility index (Phi) is 7.59. The Bertz CT molecular complexity index is 1040. The summed E-state index contributed by atoms with van der Waals surface area (Å²) in [5.41, 5.74) is -0.951. The summed E-state index contributed by atoms with van der Waals surface area (Å²) in [6, 6.07) is 9.87. The quantitative estimate of drug-likeness (QED) is 0.590. The molecule has 2 fully saturated rings. The van der Waals surface area contributed by atoms with Crippen LogP contribution in [0.1, 0.15) is 28.8 Å². The van der Waals surface area contributed by atoms with Gasteiger partial charge in [0.05, 0.1) is 18.8 Å². The number of halogens is 4. The lowest BCUT2D eigenvalue weighted by Gasteiger charge is -2.39. The SMILES string of the molecule is O=C(C[C@H]1CN(C(=O)c2cccc(C(F)(F)F)c2)CC[C@@H]1Oc1ccc(F)cc1)N1CCOCC1. The molecular weight excluding hydrogens is 468 g/mol. The molecule has 0 aromatic heterocycles. The van der Waals surface area contributed by atoms with Crippen molar-refractivity contribution < 1.29 is 36.6 Å². The van der Waals surface area contributed by atoms with Crippen LogP contribution >= 0.6 is 0 Å². The van der Waals surface area contributed by atoms with E-state index >= 15 is 0 Å². The third-order valence-corrected chi connectivity index (χ3v) is 6.29. The van der Waals surface area contributed by atoms with Crippen molar-refractivity contribution in [2.24, 2.45) is 5.92 Å². The second-order valence-corrected chi connectivity index (χ2v) is 8.69. The van der Waals surface area contributed by atoms with Crippen molar-refractivity contribution in [1.82, 2.24) is 9.80 Å². The molecule has 0 radical (unpaired) electrons. The Morgan fingerprint density at radius 3 is 2.40 bits per heavy atom. The molecule has 2 aromatic rings. The summed E-state index contributed by atoms with van der Waals surface area (Å²) in [5, 5.41) is 0. The summed E-state index contributed by atoms with van der Waals surface area (Å²) in [6.45, 7) is 2.25. The van der Waals surface area contributed by atoms with Crippen molar-refractivity contribution >= 4 is 11.8 Å².